The Balaban J connectivity index is 1.82. The van der Waals surface area contributed by atoms with E-state index in [2.05, 4.69) is 4.98 Å². The van der Waals surface area contributed by atoms with Gasteiger partial charge in [0.25, 0.3) is 0 Å². The van der Waals surface area contributed by atoms with E-state index in [0.29, 0.717) is 12.8 Å². The molecule has 1 aromatic heterocycles. The van der Waals surface area contributed by atoms with Gasteiger partial charge in [-0.3, -0.25) is 4.79 Å². The predicted octanol–water partition coefficient (Wildman–Crippen LogP) is 3.09. The van der Waals surface area contributed by atoms with Crippen molar-refractivity contribution in [2.45, 2.75) is 26.2 Å². The third-order valence-electron chi connectivity index (χ3n) is 4.13. The lowest BCUT2D eigenvalue weighted by molar-refractivity contribution is -0.152. The SMILES string of the molecule is Cc1ncsc1CCC1(C(=O)O)COc2ccccc2C1. The van der Waals surface area contributed by atoms with E-state index in [-0.39, 0.29) is 6.61 Å². The standard InChI is InChI=1S/C16H17NO3S/c1-11-14(21-10-17-11)6-7-16(15(18)19)8-12-4-2-3-5-13(12)20-9-16/h2-5,10H,6-9H2,1H3,(H,18,19). The molecule has 21 heavy (non-hydrogen) atoms. The number of rotatable bonds is 4. The topological polar surface area (TPSA) is 59.4 Å². The van der Waals surface area contributed by atoms with Gasteiger partial charge >= 0.3 is 5.97 Å². The Morgan fingerprint density at radius 2 is 2.29 bits per heavy atom. The maximum atomic E-state index is 11.8. The van der Waals surface area contributed by atoms with Crippen LogP contribution in [0.15, 0.2) is 29.8 Å². The number of para-hydroxylation sites is 1. The summed E-state index contributed by atoms with van der Waals surface area (Å²) >= 11 is 1.59. The number of aromatic nitrogens is 1. The number of carboxylic acid groups (broad SMARTS) is 1. The molecule has 1 N–H and O–H groups in total. The number of aryl methyl sites for hydroxylation is 2. The molecule has 2 heterocycles. The summed E-state index contributed by atoms with van der Waals surface area (Å²) < 4.78 is 5.71. The van der Waals surface area contributed by atoms with Crippen molar-refractivity contribution in [2.75, 3.05) is 6.61 Å². The summed E-state index contributed by atoms with van der Waals surface area (Å²) in [5, 5.41) is 9.72. The average Bonchev–Trinajstić information content (AvgIpc) is 2.90. The highest BCUT2D eigenvalue weighted by atomic mass is 32.1. The Kier molecular flexibility index (Phi) is 3.68. The molecule has 0 saturated heterocycles. The van der Waals surface area contributed by atoms with Crippen LogP contribution < -0.4 is 4.74 Å². The molecule has 0 bridgehead atoms. The zero-order valence-corrected chi connectivity index (χ0v) is 12.7. The predicted molar refractivity (Wildman–Crippen MR) is 80.9 cm³/mol. The Morgan fingerprint density at radius 3 is 3.00 bits per heavy atom. The van der Waals surface area contributed by atoms with E-state index in [1.54, 1.807) is 11.3 Å². The van der Waals surface area contributed by atoms with Crippen LogP contribution in [-0.4, -0.2) is 22.7 Å². The van der Waals surface area contributed by atoms with Gasteiger partial charge in [0.2, 0.25) is 0 Å². The lowest BCUT2D eigenvalue weighted by atomic mass is 9.76. The Hall–Kier alpha value is -1.88. The molecule has 1 aromatic carbocycles. The zero-order chi connectivity index (χ0) is 14.9. The largest absolute Gasteiger partial charge is 0.492 e. The maximum absolute atomic E-state index is 11.8. The van der Waals surface area contributed by atoms with Crippen molar-refractivity contribution in [3.05, 3.63) is 45.9 Å². The van der Waals surface area contributed by atoms with Crippen LogP contribution in [0, 0.1) is 12.3 Å². The second-order valence-corrected chi connectivity index (χ2v) is 6.46. The zero-order valence-electron chi connectivity index (χ0n) is 11.8. The fourth-order valence-corrected chi connectivity index (χ4v) is 3.53. The number of nitrogens with zero attached hydrogens (tertiary/aromatic N) is 1. The van der Waals surface area contributed by atoms with E-state index in [1.165, 1.54) is 0 Å². The molecular formula is C16H17NO3S. The van der Waals surface area contributed by atoms with Crippen molar-refractivity contribution in [3.8, 4) is 5.75 Å². The first-order chi connectivity index (χ1) is 10.1. The molecule has 1 aliphatic heterocycles. The van der Waals surface area contributed by atoms with Crippen LogP contribution in [0.1, 0.15) is 22.6 Å². The van der Waals surface area contributed by atoms with Crippen LogP contribution in [0.4, 0.5) is 0 Å². The molecule has 1 atom stereocenters. The van der Waals surface area contributed by atoms with Gasteiger partial charge in [-0.25, -0.2) is 4.98 Å². The van der Waals surface area contributed by atoms with Crippen molar-refractivity contribution in [3.63, 3.8) is 0 Å². The van der Waals surface area contributed by atoms with Gasteiger partial charge in [-0.05, 0) is 37.8 Å². The van der Waals surface area contributed by atoms with Crippen molar-refractivity contribution < 1.29 is 14.6 Å². The molecule has 0 aliphatic carbocycles. The summed E-state index contributed by atoms with van der Waals surface area (Å²) in [5.41, 5.74) is 2.94. The minimum Gasteiger partial charge on any atom is -0.492 e. The molecule has 0 radical (unpaired) electrons. The third-order valence-corrected chi connectivity index (χ3v) is 5.13. The maximum Gasteiger partial charge on any atom is 0.313 e. The number of ether oxygens (including phenoxy) is 1. The molecule has 3 rings (SSSR count). The first-order valence-corrected chi connectivity index (χ1v) is 7.82. The highest BCUT2D eigenvalue weighted by Gasteiger charge is 2.42. The van der Waals surface area contributed by atoms with E-state index in [4.69, 9.17) is 4.74 Å². The fourth-order valence-electron chi connectivity index (χ4n) is 2.75. The summed E-state index contributed by atoms with van der Waals surface area (Å²) in [7, 11) is 0. The average molecular weight is 303 g/mol. The highest BCUT2D eigenvalue weighted by Crippen LogP contribution is 2.38. The number of thiazole rings is 1. The van der Waals surface area contributed by atoms with Gasteiger partial charge in [0.05, 0.1) is 11.2 Å². The van der Waals surface area contributed by atoms with Gasteiger partial charge in [0.1, 0.15) is 17.8 Å². The molecule has 0 amide bonds. The van der Waals surface area contributed by atoms with Crippen molar-refractivity contribution in [1.29, 1.82) is 0 Å². The van der Waals surface area contributed by atoms with Crippen molar-refractivity contribution >= 4 is 17.3 Å². The smallest absolute Gasteiger partial charge is 0.313 e. The van der Waals surface area contributed by atoms with Gasteiger partial charge in [0.15, 0.2) is 0 Å². The minimum absolute atomic E-state index is 0.233. The van der Waals surface area contributed by atoms with Gasteiger partial charge in [-0.2, -0.15) is 0 Å². The quantitative estimate of drug-likeness (QED) is 0.943. The number of aliphatic carboxylic acids is 1. The molecule has 5 heteroatoms. The van der Waals surface area contributed by atoms with E-state index >= 15 is 0 Å². The second-order valence-electron chi connectivity index (χ2n) is 5.52. The Labute approximate surface area is 127 Å². The summed E-state index contributed by atoms with van der Waals surface area (Å²) in [4.78, 5) is 17.2. The molecule has 4 nitrogen and oxygen atoms in total. The number of fused-ring (bicyclic) bond motifs is 1. The Bertz CT molecular complexity index is 667. The summed E-state index contributed by atoms with van der Waals surface area (Å²) in [5.74, 6) is 0.0301. The first kappa shape index (κ1) is 14.1. The van der Waals surface area contributed by atoms with Crippen molar-refractivity contribution in [1.82, 2.24) is 4.98 Å². The molecule has 0 spiro atoms. The molecule has 110 valence electrons. The number of hydrogen-bond acceptors (Lipinski definition) is 4. The lowest BCUT2D eigenvalue weighted by Crippen LogP contribution is -2.42. The Morgan fingerprint density at radius 1 is 1.48 bits per heavy atom. The number of carbonyl (C=O) groups is 1. The van der Waals surface area contributed by atoms with Crippen LogP contribution in [0.25, 0.3) is 0 Å². The van der Waals surface area contributed by atoms with E-state index in [9.17, 15) is 9.90 Å². The summed E-state index contributed by atoms with van der Waals surface area (Å²) in [6, 6.07) is 7.68. The molecule has 0 saturated carbocycles. The van der Waals surface area contributed by atoms with Gasteiger partial charge in [-0.1, -0.05) is 18.2 Å². The van der Waals surface area contributed by atoms with E-state index in [0.717, 1.165) is 28.3 Å². The van der Waals surface area contributed by atoms with Crippen LogP contribution in [-0.2, 0) is 17.6 Å². The van der Waals surface area contributed by atoms with Crippen LogP contribution >= 0.6 is 11.3 Å². The normalized spacial score (nSPS) is 20.6. The third kappa shape index (κ3) is 2.65. The number of carboxylic acids is 1. The van der Waals surface area contributed by atoms with E-state index < -0.39 is 11.4 Å². The van der Waals surface area contributed by atoms with Gasteiger partial charge in [0, 0.05) is 4.88 Å². The van der Waals surface area contributed by atoms with Crippen molar-refractivity contribution in [2.24, 2.45) is 5.41 Å². The van der Waals surface area contributed by atoms with Crippen LogP contribution in [0.5, 0.6) is 5.75 Å². The first-order valence-electron chi connectivity index (χ1n) is 6.94. The fraction of sp³-hybridized carbons (Fsp3) is 0.375. The monoisotopic (exact) mass is 303 g/mol. The van der Waals surface area contributed by atoms with Crippen LogP contribution in [0.3, 0.4) is 0 Å². The van der Waals surface area contributed by atoms with Gasteiger partial charge < -0.3 is 9.84 Å². The molecular weight excluding hydrogens is 286 g/mol. The summed E-state index contributed by atoms with van der Waals surface area (Å²) in [6.07, 6.45) is 1.82. The molecule has 1 unspecified atom stereocenters. The minimum atomic E-state index is -0.842. The van der Waals surface area contributed by atoms with Gasteiger partial charge in [-0.15, -0.1) is 11.3 Å². The highest BCUT2D eigenvalue weighted by molar-refractivity contribution is 7.09. The number of benzene rings is 1. The molecule has 1 aliphatic rings. The summed E-state index contributed by atoms with van der Waals surface area (Å²) in [6.45, 7) is 2.20. The number of hydrogen-bond donors (Lipinski definition) is 1. The molecule has 2 aromatic rings. The second kappa shape index (κ2) is 5.48. The van der Waals surface area contributed by atoms with E-state index in [1.807, 2.05) is 36.7 Å². The lowest BCUT2D eigenvalue weighted by Gasteiger charge is -2.34. The molecule has 0 fully saturated rings. The van der Waals surface area contributed by atoms with Crippen LogP contribution in [0.2, 0.25) is 0 Å².